The van der Waals surface area contributed by atoms with Crippen molar-refractivity contribution in [3.8, 4) is 0 Å². The van der Waals surface area contributed by atoms with Crippen molar-refractivity contribution in [2.75, 3.05) is 31.1 Å². The highest BCUT2D eigenvalue weighted by atomic mass is 19.1. The molecule has 9 heteroatoms. The average molecular weight is 524 g/mol. The molecule has 5 aromatic rings. The van der Waals surface area contributed by atoms with E-state index in [1.54, 1.807) is 16.8 Å². The lowest BCUT2D eigenvalue weighted by atomic mass is 9.99. The van der Waals surface area contributed by atoms with E-state index in [9.17, 15) is 9.18 Å². The van der Waals surface area contributed by atoms with E-state index in [0.29, 0.717) is 17.9 Å². The van der Waals surface area contributed by atoms with Crippen LogP contribution in [0.4, 0.5) is 10.1 Å². The van der Waals surface area contributed by atoms with Crippen LogP contribution in [-0.2, 0) is 6.54 Å². The number of aromatic nitrogens is 5. The predicted octanol–water partition coefficient (Wildman–Crippen LogP) is 4.23. The fourth-order valence-corrected chi connectivity index (χ4v) is 5.45. The van der Waals surface area contributed by atoms with Crippen LogP contribution in [0.5, 0.6) is 0 Å². The van der Waals surface area contributed by atoms with Crippen molar-refractivity contribution in [2.24, 2.45) is 0 Å². The highest BCUT2D eigenvalue weighted by Gasteiger charge is 2.33. The first-order chi connectivity index (χ1) is 19.0. The molecule has 1 aliphatic rings. The van der Waals surface area contributed by atoms with Gasteiger partial charge in [-0.2, -0.15) is 0 Å². The van der Waals surface area contributed by atoms with Crippen LogP contribution in [0.2, 0.25) is 0 Å². The number of fused-ring (bicyclic) bond motifs is 1. The van der Waals surface area contributed by atoms with Crippen LogP contribution in [0.25, 0.3) is 10.9 Å². The highest BCUT2D eigenvalue weighted by Crippen LogP contribution is 2.30. The summed E-state index contributed by atoms with van der Waals surface area (Å²) < 4.78 is 15.2. The Hall–Kier alpha value is -4.37. The molecule has 1 N–H and O–H groups in total. The number of anilines is 1. The summed E-state index contributed by atoms with van der Waals surface area (Å²) in [6.45, 7) is 7.50. The van der Waals surface area contributed by atoms with E-state index in [-0.39, 0.29) is 11.4 Å². The number of nitrogens with one attached hydrogen (secondary N) is 1. The van der Waals surface area contributed by atoms with E-state index in [4.69, 9.17) is 0 Å². The van der Waals surface area contributed by atoms with Crippen molar-refractivity contribution in [3.05, 3.63) is 117 Å². The molecule has 0 bridgehead atoms. The predicted molar refractivity (Wildman–Crippen MR) is 149 cm³/mol. The van der Waals surface area contributed by atoms with Crippen LogP contribution >= 0.6 is 0 Å². The van der Waals surface area contributed by atoms with Gasteiger partial charge in [-0.15, -0.1) is 5.10 Å². The number of rotatable bonds is 6. The number of para-hydroxylation sites is 1. The second kappa shape index (κ2) is 10.4. The molecule has 39 heavy (non-hydrogen) atoms. The Morgan fingerprint density at radius 1 is 0.923 bits per heavy atom. The normalized spacial score (nSPS) is 15.1. The van der Waals surface area contributed by atoms with E-state index in [0.717, 1.165) is 53.8 Å². The lowest BCUT2D eigenvalue weighted by Crippen LogP contribution is -2.49. The number of hydrogen-bond donors (Lipinski definition) is 1. The Kier molecular flexibility index (Phi) is 6.66. The van der Waals surface area contributed by atoms with Gasteiger partial charge >= 0.3 is 0 Å². The van der Waals surface area contributed by atoms with Gasteiger partial charge in [0.25, 0.3) is 5.56 Å². The zero-order valence-electron chi connectivity index (χ0n) is 22.0. The molecule has 0 saturated carbocycles. The minimum atomic E-state index is -0.452. The smallest absolute Gasteiger partial charge is 0.253 e. The summed E-state index contributed by atoms with van der Waals surface area (Å²) in [7, 11) is 0. The van der Waals surface area contributed by atoms with Crippen LogP contribution in [0.3, 0.4) is 0 Å². The van der Waals surface area contributed by atoms with Gasteiger partial charge < -0.3 is 9.88 Å². The van der Waals surface area contributed by atoms with E-state index in [1.807, 2.05) is 37.3 Å². The molecule has 3 heterocycles. The standard InChI is InChI=1S/C30H30FN7O/c1-20-8-9-21(2)27-25(20)18-26(30(39)32-27)28(37-16-14-36(15-17-37)24-6-4-3-5-7-24)29-33-34-35-38(29)19-22-10-12-23(31)13-11-22/h3-13,18,28H,14-17,19H2,1-2H3,(H,32,39). The van der Waals surface area contributed by atoms with Crippen LogP contribution in [0.1, 0.15) is 34.1 Å². The molecule has 2 aromatic heterocycles. The Labute approximate surface area is 225 Å². The molecule has 6 rings (SSSR count). The third-order valence-electron chi connectivity index (χ3n) is 7.62. The molecule has 1 fully saturated rings. The molecule has 1 unspecified atom stereocenters. The molecule has 3 aromatic carbocycles. The number of hydrogen-bond acceptors (Lipinski definition) is 6. The summed E-state index contributed by atoms with van der Waals surface area (Å²) in [6, 6.07) is 22.3. The van der Waals surface area contributed by atoms with Crippen molar-refractivity contribution in [2.45, 2.75) is 26.4 Å². The number of nitrogens with zero attached hydrogens (tertiary/aromatic N) is 6. The average Bonchev–Trinajstić information content (AvgIpc) is 3.41. The largest absolute Gasteiger partial charge is 0.369 e. The summed E-state index contributed by atoms with van der Waals surface area (Å²) >= 11 is 0. The molecule has 0 aliphatic carbocycles. The lowest BCUT2D eigenvalue weighted by Gasteiger charge is -2.39. The maximum atomic E-state index is 13.7. The lowest BCUT2D eigenvalue weighted by molar-refractivity contribution is 0.200. The van der Waals surface area contributed by atoms with Gasteiger partial charge in [-0.3, -0.25) is 9.69 Å². The van der Waals surface area contributed by atoms with E-state index < -0.39 is 6.04 Å². The topological polar surface area (TPSA) is 82.9 Å². The fourth-order valence-electron chi connectivity index (χ4n) is 5.45. The van der Waals surface area contributed by atoms with Crippen molar-refractivity contribution in [3.63, 3.8) is 0 Å². The minimum Gasteiger partial charge on any atom is -0.369 e. The summed E-state index contributed by atoms with van der Waals surface area (Å²) in [6.07, 6.45) is 0. The van der Waals surface area contributed by atoms with Gasteiger partial charge in [0.05, 0.1) is 12.1 Å². The number of H-pyrrole nitrogens is 1. The molecule has 1 atom stereocenters. The number of aryl methyl sites for hydroxylation is 2. The molecular weight excluding hydrogens is 493 g/mol. The molecule has 0 spiro atoms. The Morgan fingerprint density at radius 2 is 1.64 bits per heavy atom. The van der Waals surface area contributed by atoms with Gasteiger partial charge in [0.15, 0.2) is 5.82 Å². The zero-order chi connectivity index (χ0) is 26.9. The first kappa shape index (κ1) is 24.9. The number of aromatic amines is 1. The van der Waals surface area contributed by atoms with Gasteiger partial charge in [0, 0.05) is 42.8 Å². The Morgan fingerprint density at radius 3 is 2.38 bits per heavy atom. The number of halogens is 1. The number of pyridine rings is 1. The van der Waals surface area contributed by atoms with Crippen LogP contribution in [0.15, 0.2) is 77.6 Å². The third-order valence-corrected chi connectivity index (χ3v) is 7.62. The number of tetrazole rings is 1. The van der Waals surface area contributed by atoms with E-state index in [2.05, 4.69) is 55.4 Å². The van der Waals surface area contributed by atoms with Gasteiger partial charge in [-0.1, -0.05) is 42.5 Å². The third kappa shape index (κ3) is 4.93. The zero-order valence-corrected chi connectivity index (χ0v) is 22.0. The summed E-state index contributed by atoms with van der Waals surface area (Å²) in [5, 5.41) is 13.7. The van der Waals surface area contributed by atoms with Gasteiger partial charge in [-0.25, -0.2) is 9.07 Å². The number of piperazine rings is 1. The highest BCUT2D eigenvalue weighted by molar-refractivity contribution is 5.85. The molecule has 198 valence electrons. The second-order valence-electron chi connectivity index (χ2n) is 10.1. The maximum absolute atomic E-state index is 13.7. The SMILES string of the molecule is Cc1ccc(C)c2[nH]c(=O)c(C(c3nnnn3Cc3ccc(F)cc3)N3CCN(c4ccccc4)CC3)cc12. The number of benzene rings is 3. The molecule has 1 aliphatic heterocycles. The minimum absolute atomic E-state index is 0.150. The van der Waals surface area contributed by atoms with E-state index >= 15 is 0 Å². The van der Waals surface area contributed by atoms with Crippen molar-refractivity contribution in [1.29, 1.82) is 0 Å². The Bertz CT molecular complexity index is 1660. The summed E-state index contributed by atoms with van der Waals surface area (Å²) in [5.41, 5.74) is 5.48. The van der Waals surface area contributed by atoms with Crippen LogP contribution in [0, 0.1) is 19.7 Å². The van der Waals surface area contributed by atoms with Crippen molar-refractivity contribution >= 4 is 16.6 Å². The maximum Gasteiger partial charge on any atom is 0.253 e. The molecule has 1 saturated heterocycles. The first-order valence-electron chi connectivity index (χ1n) is 13.2. The summed E-state index contributed by atoms with van der Waals surface area (Å²) in [4.78, 5) is 21.4. The van der Waals surface area contributed by atoms with Crippen molar-refractivity contribution < 1.29 is 4.39 Å². The first-order valence-corrected chi connectivity index (χ1v) is 13.2. The molecular formula is C30H30FN7O. The van der Waals surface area contributed by atoms with Crippen molar-refractivity contribution in [1.82, 2.24) is 30.1 Å². The summed E-state index contributed by atoms with van der Waals surface area (Å²) in [5.74, 6) is 0.292. The molecule has 0 amide bonds. The Balaban J connectivity index is 1.41. The monoisotopic (exact) mass is 523 g/mol. The second-order valence-corrected chi connectivity index (χ2v) is 10.1. The fraction of sp³-hybridized carbons (Fsp3) is 0.267. The molecule has 0 radical (unpaired) electrons. The van der Waals surface area contributed by atoms with Crippen LogP contribution < -0.4 is 10.5 Å². The van der Waals surface area contributed by atoms with Gasteiger partial charge in [0.2, 0.25) is 0 Å². The van der Waals surface area contributed by atoms with Crippen LogP contribution in [-0.4, -0.2) is 56.3 Å². The molecule has 8 nitrogen and oxygen atoms in total. The van der Waals surface area contributed by atoms with Gasteiger partial charge in [0.1, 0.15) is 11.9 Å². The quantitative estimate of drug-likeness (QED) is 0.359. The van der Waals surface area contributed by atoms with E-state index in [1.165, 1.54) is 17.8 Å². The van der Waals surface area contributed by atoms with Gasteiger partial charge in [-0.05, 0) is 71.3 Å².